The quantitative estimate of drug-likeness (QED) is 0.211. The molecule has 0 saturated carbocycles. The third kappa shape index (κ3) is 8.02. The van der Waals surface area contributed by atoms with Gasteiger partial charge in [-0.15, -0.1) is 0 Å². The van der Waals surface area contributed by atoms with Crippen molar-refractivity contribution in [2.24, 2.45) is 0 Å². The van der Waals surface area contributed by atoms with Gasteiger partial charge < -0.3 is 9.47 Å². The summed E-state index contributed by atoms with van der Waals surface area (Å²) in [5.74, 6) is 0.911. The Morgan fingerprint density at radius 1 is 0.618 bits per heavy atom. The van der Waals surface area contributed by atoms with Crippen molar-refractivity contribution in [3.63, 3.8) is 0 Å². The predicted molar refractivity (Wildman–Crippen MR) is 145 cm³/mol. The lowest BCUT2D eigenvalue weighted by Crippen LogP contribution is -2.02. The third-order valence-electron chi connectivity index (χ3n) is 6.46. The van der Waals surface area contributed by atoms with E-state index in [2.05, 4.69) is 74.5 Å². The molecule has 1 unspecified atom stereocenters. The van der Waals surface area contributed by atoms with E-state index in [-0.39, 0.29) is 6.10 Å². The molecule has 1 atom stereocenters. The molecule has 3 rings (SSSR count). The molecule has 0 bridgehead atoms. The first-order valence-electron chi connectivity index (χ1n) is 13.3. The van der Waals surface area contributed by atoms with Crippen LogP contribution in [-0.4, -0.2) is 13.2 Å². The van der Waals surface area contributed by atoms with E-state index in [0.29, 0.717) is 6.61 Å². The summed E-state index contributed by atoms with van der Waals surface area (Å²) in [6, 6.07) is 25.8. The average molecular weight is 459 g/mol. The van der Waals surface area contributed by atoms with Crippen LogP contribution in [0.4, 0.5) is 0 Å². The molecule has 3 aromatic carbocycles. The molecule has 0 aliphatic carbocycles. The Hall–Kier alpha value is -2.58. The molecule has 2 heteroatoms. The topological polar surface area (TPSA) is 18.5 Å². The van der Waals surface area contributed by atoms with E-state index in [0.717, 1.165) is 18.8 Å². The van der Waals surface area contributed by atoms with Crippen molar-refractivity contribution in [3.8, 4) is 28.0 Å². The van der Waals surface area contributed by atoms with Crippen LogP contribution < -0.4 is 4.74 Å². The second-order valence-corrected chi connectivity index (χ2v) is 9.11. The van der Waals surface area contributed by atoms with Crippen LogP contribution in [0.25, 0.3) is 22.3 Å². The fraction of sp³-hybridized carbons (Fsp3) is 0.438. The van der Waals surface area contributed by atoms with Crippen LogP contribution in [0.2, 0.25) is 0 Å². The van der Waals surface area contributed by atoms with E-state index in [4.69, 9.17) is 9.47 Å². The Morgan fingerprint density at radius 3 is 1.71 bits per heavy atom. The van der Waals surface area contributed by atoms with E-state index in [1.165, 1.54) is 72.8 Å². The molecule has 0 aliphatic heterocycles. The van der Waals surface area contributed by atoms with E-state index in [9.17, 15) is 0 Å². The van der Waals surface area contributed by atoms with Crippen molar-refractivity contribution >= 4 is 0 Å². The number of hydrogen-bond acceptors (Lipinski definition) is 2. The second kappa shape index (κ2) is 14.6. The summed E-state index contributed by atoms with van der Waals surface area (Å²) in [6.45, 7) is 7.97. The molecule has 182 valence electrons. The summed E-state index contributed by atoms with van der Waals surface area (Å²) in [7, 11) is 0. The monoisotopic (exact) mass is 458 g/mol. The molecule has 34 heavy (non-hydrogen) atoms. The number of unbranched alkanes of at least 4 members (excludes halogenated alkanes) is 7. The highest BCUT2D eigenvalue weighted by Crippen LogP contribution is 2.33. The number of rotatable bonds is 15. The fourth-order valence-electron chi connectivity index (χ4n) is 4.41. The van der Waals surface area contributed by atoms with Crippen molar-refractivity contribution in [2.75, 3.05) is 13.2 Å². The smallest absolute Gasteiger partial charge is 0.119 e. The Balaban J connectivity index is 1.53. The van der Waals surface area contributed by atoms with Gasteiger partial charge in [-0.1, -0.05) is 113 Å². The largest absolute Gasteiger partial charge is 0.494 e. The van der Waals surface area contributed by atoms with Crippen molar-refractivity contribution in [1.29, 1.82) is 0 Å². The number of hydrogen-bond donors (Lipinski definition) is 0. The highest BCUT2D eigenvalue weighted by molar-refractivity contribution is 5.83. The summed E-state index contributed by atoms with van der Waals surface area (Å²) in [6.07, 6.45) is 10.8. The molecule has 0 spiro atoms. The lowest BCUT2D eigenvalue weighted by atomic mass is 9.94. The SMILES string of the molecule is CCCCCCCCCCOC(C)c1ccc(-c2ccccc2-c2ccc(OCC)cc2)cc1. The van der Waals surface area contributed by atoms with Gasteiger partial charge >= 0.3 is 0 Å². The van der Waals surface area contributed by atoms with Gasteiger partial charge in [-0.05, 0) is 60.2 Å². The first kappa shape index (κ1) is 26.0. The maximum atomic E-state index is 6.13. The molecule has 0 radical (unpaired) electrons. The summed E-state index contributed by atoms with van der Waals surface area (Å²) in [5.41, 5.74) is 6.14. The highest BCUT2D eigenvalue weighted by atomic mass is 16.5. The van der Waals surface area contributed by atoms with Crippen LogP contribution >= 0.6 is 0 Å². The molecule has 0 fully saturated rings. The molecular weight excluding hydrogens is 416 g/mol. The van der Waals surface area contributed by atoms with Gasteiger partial charge in [0.25, 0.3) is 0 Å². The van der Waals surface area contributed by atoms with E-state index < -0.39 is 0 Å². The van der Waals surface area contributed by atoms with Crippen molar-refractivity contribution in [3.05, 3.63) is 78.4 Å². The summed E-state index contributed by atoms with van der Waals surface area (Å²) in [4.78, 5) is 0. The molecular formula is C32H42O2. The summed E-state index contributed by atoms with van der Waals surface area (Å²) >= 11 is 0. The zero-order valence-corrected chi connectivity index (χ0v) is 21.4. The molecule has 0 saturated heterocycles. The van der Waals surface area contributed by atoms with Crippen LogP contribution in [0.5, 0.6) is 5.75 Å². The van der Waals surface area contributed by atoms with Crippen molar-refractivity contribution in [2.45, 2.75) is 78.2 Å². The maximum Gasteiger partial charge on any atom is 0.119 e. The first-order valence-corrected chi connectivity index (χ1v) is 13.3. The summed E-state index contributed by atoms with van der Waals surface area (Å²) < 4.78 is 11.7. The van der Waals surface area contributed by atoms with E-state index >= 15 is 0 Å². The maximum absolute atomic E-state index is 6.13. The number of ether oxygens (including phenoxy) is 2. The van der Waals surface area contributed by atoms with Gasteiger partial charge in [0.2, 0.25) is 0 Å². The molecule has 2 nitrogen and oxygen atoms in total. The van der Waals surface area contributed by atoms with Crippen LogP contribution in [0.3, 0.4) is 0 Å². The fourth-order valence-corrected chi connectivity index (χ4v) is 4.41. The lowest BCUT2D eigenvalue weighted by molar-refractivity contribution is 0.0627. The molecule has 0 amide bonds. The Bertz CT molecular complexity index is 944. The minimum absolute atomic E-state index is 0.125. The van der Waals surface area contributed by atoms with Gasteiger partial charge in [0.1, 0.15) is 5.75 Å². The van der Waals surface area contributed by atoms with Gasteiger partial charge in [0.15, 0.2) is 0 Å². The normalized spacial score (nSPS) is 12.0. The molecule has 0 heterocycles. The third-order valence-corrected chi connectivity index (χ3v) is 6.46. The van der Waals surface area contributed by atoms with Crippen molar-refractivity contribution in [1.82, 2.24) is 0 Å². The Kier molecular flexibility index (Phi) is 11.2. The molecule has 0 N–H and O–H groups in total. The Labute approximate surface area is 207 Å². The zero-order valence-electron chi connectivity index (χ0n) is 21.4. The van der Waals surface area contributed by atoms with Crippen LogP contribution in [0, 0.1) is 0 Å². The minimum Gasteiger partial charge on any atom is -0.494 e. The van der Waals surface area contributed by atoms with E-state index in [1.807, 2.05) is 19.1 Å². The van der Waals surface area contributed by atoms with Crippen LogP contribution in [-0.2, 0) is 4.74 Å². The Morgan fingerprint density at radius 2 is 1.15 bits per heavy atom. The standard InChI is InChI=1S/C32H42O2/c1-4-6-7-8-9-10-11-14-25-34-26(3)27-17-19-28(20-18-27)31-15-12-13-16-32(31)29-21-23-30(24-22-29)33-5-2/h12-13,15-24,26H,4-11,14,25H2,1-3H3. The first-order chi connectivity index (χ1) is 16.7. The minimum atomic E-state index is 0.125. The van der Waals surface area contributed by atoms with Gasteiger partial charge in [0, 0.05) is 6.61 Å². The highest BCUT2D eigenvalue weighted by Gasteiger charge is 2.10. The molecule has 0 aromatic heterocycles. The number of benzene rings is 3. The van der Waals surface area contributed by atoms with Gasteiger partial charge in [-0.25, -0.2) is 0 Å². The molecule has 0 aliphatic rings. The lowest BCUT2D eigenvalue weighted by Gasteiger charge is -2.15. The van der Waals surface area contributed by atoms with Crippen molar-refractivity contribution < 1.29 is 9.47 Å². The van der Waals surface area contributed by atoms with Gasteiger partial charge in [-0.2, -0.15) is 0 Å². The van der Waals surface area contributed by atoms with E-state index in [1.54, 1.807) is 0 Å². The zero-order chi connectivity index (χ0) is 24.0. The average Bonchev–Trinajstić information content (AvgIpc) is 2.88. The predicted octanol–water partition coefficient (Wildman–Crippen LogP) is 9.64. The van der Waals surface area contributed by atoms with Gasteiger partial charge in [0.05, 0.1) is 12.7 Å². The second-order valence-electron chi connectivity index (χ2n) is 9.11. The summed E-state index contributed by atoms with van der Waals surface area (Å²) in [5, 5.41) is 0. The van der Waals surface area contributed by atoms with Gasteiger partial charge in [-0.3, -0.25) is 0 Å². The van der Waals surface area contributed by atoms with Crippen LogP contribution in [0.15, 0.2) is 72.8 Å². The molecule has 3 aromatic rings. The van der Waals surface area contributed by atoms with Crippen LogP contribution in [0.1, 0.15) is 83.8 Å².